The second-order valence-corrected chi connectivity index (χ2v) is 10.9. The second kappa shape index (κ2) is 8.87. The summed E-state index contributed by atoms with van der Waals surface area (Å²) in [5.41, 5.74) is 19.9. The normalized spacial score (nSPS) is 14.5. The number of aromatic nitrogens is 1. The summed E-state index contributed by atoms with van der Waals surface area (Å²) in [6, 6.07) is 36.7. The highest BCUT2D eigenvalue weighted by Gasteiger charge is 2.24. The summed E-state index contributed by atoms with van der Waals surface area (Å²) in [4.78, 5) is 0. The third kappa shape index (κ3) is 3.46. The van der Waals surface area contributed by atoms with E-state index in [1.165, 1.54) is 66.3 Å². The van der Waals surface area contributed by atoms with Crippen molar-refractivity contribution in [3.05, 3.63) is 138 Å². The van der Waals surface area contributed by atoms with Crippen molar-refractivity contribution in [2.75, 3.05) is 0 Å². The number of rotatable bonds is 3. The topological polar surface area (TPSA) is 44.1 Å². The van der Waals surface area contributed by atoms with Crippen molar-refractivity contribution < 1.29 is 4.42 Å². The van der Waals surface area contributed by atoms with Crippen LogP contribution in [0.25, 0.3) is 72.2 Å². The van der Waals surface area contributed by atoms with E-state index in [2.05, 4.69) is 116 Å². The smallest absolute Gasteiger partial charge is 0.135 e. The zero-order chi connectivity index (χ0) is 27.7. The van der Waals surface area contributed by atoms with Gasteiger partial charge in [0.25, 0.3) is 0 Å². The standard InChI is InChI=1S/C38H28N2O/c1-23-8-7-11-28-24(2)27(18-19-39)33(38(23)28)22-40-34-12-5-3-9-29(34)31-20-25(14-16-35(31)40)26-15-17-37-32(21-26)30-10-4-6-13-36(30)41-37/h3-22H,39H2,1-2H3/b19-18-,33-22-. The lowest BCUT2D eigenvalue weighted by molar-refractivity contribution is 0.669. The molecule has 3 nitrogen and oxygen atoms in total. The summed E-state index contributed by atoms with van der Waals surface area (Å²) in [5.74, 6) is 0. The molecule has 1 aliphatic rings. The molecular formula is C38H28N2O. The first kappa shape index (κ1) is 23.6. The number of allylic oxidation sites excluding steroid dienone is 4. The second-order valence-electron chi connectivity index (χ2n) is 10.9. The van der Waals surface area contributed by atoms with Crippen LogP contribution in [-0.4, -0.2) is 4.57 Å². The van der Waals surface area contributed by atoms with Crippen LogP contribution in [0.15, 0.2) is 125 Å². The van der Waals surface area contributed by atoms with Crippen LogP contribution in [0.3, 0.4) is 0 Å². The van der Waals surface area contributed by atoms with Crippen molar-refractivity contribution in [2.24, 2.45) is 5.73 Å². The molecule has 0 spiro atoms. The number of hydrogen-bond donors (Lipinski definition) is 1. The largest absolute Gasteiger partial charge is 0.456 e. The summed E-state index contributed by atoms with van der Waals surface area (Å²) in [6.45, 7) is 4.37. The van der Waals surface area contributed by atoms with Gasteiger partial charge in [-0.2, -0.15) is 0 Å². The molecule has 0 amide bonds. The van der Waals surface area contributed by atoms with E-state index in [1.54, 1.807) is 6.20 Å². The van der Waals surface area contributed by atoms with Gasteiger partial charge in [-0.05, 0) is 101 Å². The SMILES string of the molecule is CC1=C(/C=C\N)/C(=C/n2c3ccccc3c3cc(-c4ccc5oc6ccccc6c5c4)ccc32)c2c(C)cccc21. The number of para-hydroxylation sites is 2. The molecule has 0 saturated heterocycles. The Kier molecular flexibility index (Phi) is 5.10. The van der Waals surface area contributed by atoms with E-state index in [1.807, 2.05) is 18.2 Å². The molecular weight excluding hydrogens is 500 g/mol. The number of furan rings is 1. The van der Waals surface area contributed by atoms with Crippen LogP contribution in [0.4, 0.5) is 0 Å². The Morgan fingerprint density at radius 1 is 0.659 bits per heavy atom. The zero-order valence-corrected chi connectivity index (χ0v) is 23.0. The Morgan fingerprint density at radius 3 is 2.22 bits per heavy atom. The zero-order valence-electron chi connectivity index (χ0n) is 23.0. The van der Waals surface area contributed by atoms with Crippen molar-refractivity contribution in [3.63, 3.8) is 0 Å². The lowest BCUT2D eigenvalue weighted by Gasteiger charge is -2.10. The molecule has 2 N–H and O–H groups in total. The average Bonchev–Trinajstić information content (AvgIpc) is 3.62. The Hall–Kier alpha value is -5.28. The monoisotopic (exact) mass is 528 g/mol. The van der Waals surface area contributed by atoms with Crippen LogP contribution in [0.1, 0.15) is 23.6 Å². The molecule has 3 heteroatoms. The third-order valence-electron chi connectivity index (χ3n) is 8.58. The van der Waals surface area contributed by atoms with E-state index in [0.717, 1.165) is 21.9 Å². The number of nitrogens with two attached hydrogens (primary N) is 1. The summed E-state index contributed by atoms with van der Waals surface area (Å²) < 4.78 is 8.42. The fourth-order valence-corrected chi connectivity index (χ4v) is 6.62. The van der Waals surface area contributed by atoms with Gasteiger partial charge in [0.1, 0.15) is 11.2 Å². The quantitative estimate of drug-likeness (QED) is 0.248. The summed E-state index contributed by atoms with van der Waals surface area (Å²) in [6.07, 6.45) is 5.97. The van der Waals surface area contributed by atoms with Crippen LogP contribution < -0.4 is 5.73 Å². The molecule has 0 aliphatic heterocycles. The third-order valence-corrected chi connectivity index (χ3v) is 8.58. The van der Waals surface area contributed by atoms with Crippen LogP contribution in [0.5, 0.6) is 0 Å². The maximum atomic E-state index is 6.08. The average molecular weight is 529 g/mol. The molecule has 5 aromatic carbocycles. The highest BCUT2D eigenvalue weighted by Crippen LogP contribution is 2.45. The minimum atomic E-state index is 0.914. The Bertz CT molecular complexity index is 2290. The molecule has 0 unspecified atom stereocenters. The molecule has 0 bridgehead atoms. The molecule has 0 atom stereocenters. The molecule has 1 aliphatic carbocycles. The molecule has 8 rings (SSSR count). The maximum Gasteiger partial charge on any atom is 0.135 e. The predicted octanol–water partition coefficient (Wildman–Crippen LogP) is 9.93. The molecule has 2 heterocycles. The number of hydrogen-bond acceptors (Lipinski definition) is 2. The number of fused-ring (bicyclic) bond motifs is 7. The van der Waals surface area contributed by atoms with E-state index in [4.69, 9.17) is 10.2 Å². The van der Waals surface area contributed by atoms with Crippen molar-refractivity contribution in [2.45, 2.75) is 13.8 Å². The summed E-state index contributed by atoms with van der Waals surface area (Å²) in [5, 5.41) is 4.75. The van der Waals surface area contributed by atoms with Crippen LogP contribution in [-0.2, 0) is 0 Å². The van der Waals surface area contributed by atoms with Crippen molar-refractivity contribution in [1.29, 1.82) is 0 Å². The van der Waals surface area contributed by atoms with Gasteiger partial charge < -0.3 is 14.7 Å². The first-order valence-electron chi connectivity index (χ1n) is 14.0. The predicted molar refractivity (Wildman–Crippen MR) is 173 cm³/mol. The minimum absolute atomic E-state index is 0.914. The Balaban J connectivity index is 1.35. The molecule has 196 valence electrons. The van der Waals surface area contributed by atoms with Crippen LogP contribution in [0.2, 0.25) is 0 Å². The lowest BCUT2D eigenvalue weighted by atomic mass is 9.98. The summed E-state index contributed by atoms with van der Waals surface area (Å²) >= 11 is 0. The summed E-state index contributed by atoms with van der Waals surface area (Å²) in [7, 11) is 0. The molecule has 41 heavy (non-hydrogen) atoms. The minimum Gasteiger partial charge on any atom is -0.456 e. The van der Waals surface area contributed by atoms with Gasteiger partial charge in [0.05, 0.1) is 11.0 Å². The Labute approximate surface area is 238 Å². The van der Waals surface area contributed by atoms with E-state index in [-0.39, 0.29) is 0 Å². The van der Waals surface area contributed by atoms with Gasteiger partial charge in [-0.25, -0.2) is 0 Å². The van der Waals surface area contributed by atoms with E-state index < -0.39 is 0 Å². The lowest BCUT2D eigenvalue weighted by Crippen LogP contribution is -1.93. The molecule has 0 saturated carbocycles. The molecule has 7 aromatic rings. The highest BCUT2D eigenvalue weighted by molar-refractivity contribution is 6.14. The van der Waals surface area contributed by atoms with Gasteiger partial charge in [-0.15, -0.1) is 0 Å². The highest BCUT2D eigenvalue weighted by atomic mass is 16.3. The molecule has 2 aromatic heterocycles. The van der Waals surface area contributed by atoms with Crippen molar-refractivity contribution in [3.8, 4) is 11.1 Å². The van der Waals surface area contributed by atoms with Crippen LogP contribution >= 0.6 is 0 Å². The van der Waals surface area contributed by atoms with Crippen molar-refractivity contribution in [1.82, 2.24) is 4.57 Å². The van der Waals surface area contributed by atoms with Gasteiger partial charge in [0.15, 0.2) is 0 Å². The number of aryl methyl sites for hydroxylation is 1. The Morgan fingerprint density at radius 2 is 1.37 bits per heavy atom. The maximum absolute atomic E-state index is 6.08. The van der Waals surface area contributed by atoms with Gasteiger partial charge in [-0.3, -0.25) is 0 Å². The van der Waals surface area contributed by atoms with Gasteiger partial charge in [0.2, 0.25) is 0 Å². The first-order valence-corrected chi connectivity index (χ1v) is 14.0. The number of nitrogens with zero attached hydrogens (tertiary/aromatic N) is 1. The molecule has 0 radical (unpaired) electrons. The van der Waals surface area contributed by atoms with Gasteiger partial charge in [-0.1, -0.05) is 66.7 Å². The van der Waals surface area contributed by atoms with E-state index in [9.17, 15) is 0 Å². The van der Waals surface area contributed by atoms with E-state index >= 15 is 0 Å². The fraction of sp³-hybridized carbons (Fsp3) is 0.0526. The molecule has 0 fully saturated rings. The number of benzene rings is 5. The first-order chi connectivity index (χ1) is 20.1. The fourth-order valence-electron chi connectivity index (χ4n) is 6.62. The van der Waals surface area contributed by atoms with Gasteiger partial charge >= 0.3 is 0 Å². The van der Waals surface area contributed by atoms with Gasteiger partial charge in [0, 0.05) is 33.3 Å². The van der Waals surface area contributed by atoms with Crippen molar-refractivity contribution >= 4 is 61.1 Å². The van der Waals surface area contributed by atoms with E-state index in [0.29, 0.717) is 0 Å². The van der Waals surface area contributed by atoms with Crippen LogP contribution in [0, 0.1) is 6.92 Å².